The number of hydrogen-bond acceptors (Lipinski definition) is 8. The van der Waals surface area contributed by atoms with Crippen LogP contribution in [0.25, 0.3) is 56.0 Å². The van der Waals surface area contributed by atoms with Gasteiger partial charge < -0.3 is 9.88 Å². The number of aromatic amines is 2. The van der Waals surface area contributed by atoms with Gasteiger partial charge >= 0.3 is 0 Å². The summed E-state index contributed by atoms with van der Waals surface area (Å²) >= 11 is 0. The Balaban J connectivity index is 1.42. The van der Waals surface area contributed by atoms with Crippen molar-refractivity contribution in [1.82, 2.24) is 39.8 Å². The monoisotopic (exact) mass is 557 g/mol. The predicted molar refractivity (Wildman–Crippen MR) is 151 cm³/mol. The Morgan fingerprint density at radius 3 is 2.67 bits per heavy atom. The number of sulfonamides is 1. The Hall–Kier alpha value is -4.75. The van der Waals surface area contributed by atoms with Crippen LogP contribution in [0.15, 0.2) is 61.2 Å². The number of fused-ring (bicyclic) bond motifs is 2. The molecule has 0 atom stereocenters. The summed E-state index contributed by atoms with van der Waals surface area (Å²) in [5.41, 5.74) is 6.55. The third-order valence-corrected chi connectivity index (χ3v) is 7.07. The SMILES string of the molecule is CN(C)c1cncc(-c2cc3c(-c4nc5c(-c6cc(F)cc(CNS(C)(=O)=O)c6)ccnc5[nH]4)n[nH]c3cn2)c1. The average molecular weight is 558 g/mol. The van der Waals surface area contributed by atoms with Crippen molar-refractivity contribution < 1.29 is 12.8 Å². The Morgan fingerprint density at radius 2 is 1.88 bits per heavy atom. The topological polar surface area (TPSA) is 145 Å². The molecule has 0 aliphatic carbocycles. The Labute approximate surface area is 228 Å². The lowest BCUT2D eigenvalue weighted by atomic mass is 10.0. The van der Waals surface area contributed by atoms with Crippen LogP contribution >= 0.6 is 0 Å². The second kappa shape index (κ2) is 9.77. The second-order valence-electron chi connectivity index (χ2n) is 9.60. The van der Waals surface area contributed by atoms with Gasteiger partial charge in [-0.3, -0.25) is 15.1 Å². The van der Waals surface area contributed by atoms with Gasteiger partial charge in [0, 0.05) is 49.5 Å². The van der Waals surface area contributed by atoms with Crippen LogP contribution in [0.3, 0.4) is 0 Å². The van der Waals surface area contributed by atoms with E-state index in [0.29, 0.717) is 39.4 Å². The average Bonchev–Trinajstić information content (AvgIpc) is 3.55. The number of benzene rings is 1. The lowest BCUT2D eigenvalue weighted by Crippen LogP contribution is -2.21. The molecule has 6 rings (SSSR count). The van der Waals surface area contributed by atoms with Crippen molar-refractivity contribution >= 4 is 37.8 Å². The zero-order valence-electron chi connectivity index (χ0n) is 21.8. The normalized spacial score (nSPS) is 11.9. The molecule has 5 aromatic heterocycles. The molecule has 11 nitrogen and oxygen atoms in total. The fourth-order valence-corrected chi connectivity index (χ4v) is 4.87. The summed E-state index contributed by atoms with van der Waals surface area (Å²) in [5, 5.41) is 8.29. The molecule has 6 aromatic rings. The van der Waals surface area contributed by atoms with Gasteiger partial charge in [-0.2, -0.15) is 5.10 Å². The van der Waals surface area contributed by atoms with Crippen LogP contribution < -0.4 is 9.62 Å². The molecule has 1 aromatic carbocycles. The van der Waals surface area contributed by atoms with Gasteiger partial charge in [0.05, 0.1) is 35.5 Å². The van der Waals surface area contributed by atoms with Crippen LogP contribution in [0.5, 0.6) is 0 Å². The molecule has 5 heterocycles. The van der Waals surface area contributed by atoms with Gasteiger partial charge in [-0.25, -0.2) is 27.5 Å². The number of nitrogens with one attached hydrogen (secondary N) is 3. The van der Waals surface area contributed by atoms with Crippen molar-refractivity contribution in [3.8, 4) is 33.9 Å². The van der Waals surface area contributed by atoms with Crippen molar-refractivity contribution in [3.63, 3.8) is 0 Å². The first-order valence-electron chi connectivity index (χ1n) is 12.2. The molecule has 0 unspecified atom stereocenters. The summed E-state index contributed by atoms with van der Waals surface area (Å²) < 4.78 is 40.0. The van der Waals surface area contributed by atoms with Crippen LogP contribution in [0.2, 0.25) is 0 Å². The van der Waals surface area contributed by atoms with Gasteiger partial charge in [-0.15, -0.1) is 0 Å². The van der Waals surface area contributed by atoms with Crippen LogP contribution in [-0.4, -0.2) is 63.9 Å². The lowest BCUT2D eigenvalue weighted by molar-refractivity contribution is 0.586. The summed E-state index contributed by atoms with van der Waals surface area (Å²) in [4.78, 5) is 23.3. The van der Waals surface area contributed by atoms with Crippen molar-refractivity contribution in [3.05, 3.63) is 72.6 Å². The maximum Gasteiger partial charge on any atom is 0.209 e. The molecule has 0 amide bonds. The van der Waals surface area contributed by atoms with E-state index in [2.05, 4.69) is 34.9 Å². The van der Waals surface area contributed by atoms with Crippen LogP contribution in [0, 0.1) is 5.82 Å². The van der Waals surface area contributed by atoms with Gasteiger partial charge in [0.25, 0.3) is 0 Å². The highest BCUT2D eigenvalue weighted by molar-refractivity contribution is 7.88. The molecule has 0 bridgehead atoms. The number of hydrogen-bond donors (Lipinski definition) is 3. The molecule has 0 spiro atoms. The number of imidazole rings is 1. The molecule has 0 aliphatic heterocycles. The minimum Gasteiger partial charge on any atom is -0.376 e. The summed E-state index contributed by atoms with van der Waals surface area (Å²) in [7, 11) is 0.468. The second-order valence-corrected chi connectivity index (χ2v) is 11.4. The lowest BCUT2D eigenvalue weighted by Gasteiger charge is -2.12. The fraction of sp³-hybridized carbons (Fsp3) is 0.148. The largest absolute Gasteiger partial charge is 0.376 e. The van der Waals surface area contributed by atoms with E-state index in [1.807, 2.05) is 31.1 Å². The summed E-state index contributed by atoms with van der Waals surface area (Å²) in [6, 6.07) is 10.1. The molecule has 0 radical (unpaired) electrons. The fourth-order valence-electron chi connectivity index (χ4n) is 4.45. The first kappa shape index (κ1) is 25.5. The van der Waals surface area contributed by atoms with E-state index >= 15 is 0 Å². The number of halogens is 1. The highest BCUT2D eigenvalue weighted by Gasteiger charge is 2.18. The first-order valence-corrected chi connectivity index (χ1v) is 14.1. The maximum absolute atomic E-state index is 14.5. The zero-order chi connectivity index (χ0) is 28.0. The minimum absolute atomic E-state index is 0.0355. The van der Waals surface area contributed by atoms with Crippen molar-refractivity contribution in [2.24, 2.45) is 0 Å². The molecule has 0 saturated heterocycles. The maximum atomic E-state index is 14.5. The highest BCUT2D eigenvalue weighted by atomic mass is 32.2. The van der Waals surface area contributed by atoms with E-state index in [1.165, 1.54) is 12.1 Å². The van der Waals surface area contributed by atoms with Crippen LogP contribution in [0.4, 0.5) is 10.1 Å². The number of pyridine rings is 3. The minimum atomic E-state index is -3.43. The van der Waals surface area contributed by atoms with E-state index in [4.69, 9.17) is 4.98 Å². The Bertz CT molecular complexity index is 2000. The number of aromatic nitrogens is 7. The van der Waals surface area contributed by atoms with Crippen molar-refractivity contribution in [2.75, 3.05) is 25.3 Å². The number of nitrogens with zero attached hydrogens (tertiary/aromatic N) is 6. The molecule has 202 valence electrons. The standard InChI is InChI=1S/C27H24FN9O2S/c1-37(2)19-9-17(12-29-13-19)22-10-21-23(14-31-22)35-36-25(21)27-33-24-20(4-5-30-26(24)34-27)16-6-15(7-18(28)8-16)11-32-40(3,38)39/h4-10,12-14,32H,11H2,1-3H3,(H,35,36)(H,30,33,34). The zero-order valence-corrected chi connectivity index (χ0v) is 22.6. The number of anilines is 1. The molecule has 0 fully saturated rings. The number of H-pyrrole nitrogens is 2. The molecule has 0 aliphatic rings. The van der Waals surface area contributed by atoms with Crippen molar-refractivity contribution in [2.45, 2.75) is 6.54 Å². The summed E-state index contributed by atoms with van der Waals surface area (Å²) in [5.74, 6) is -0.0106. The van der Waals surface area contributed by atoms with E-state index in [-0.39, 0.29) is 6.54 Å². The molecule has 0 saturated carbocycles. The van der Waals surface area contributed by atoms with E-state index < -0.39 is 15.8 Å². The van der Waals surface area contributed by atoms with E-state index in [1.54, 1.807) is 36.9 Å². The molecule has 13 heteroatoms. The molecule has 3 N–H and O–H groups in total. The van der Waals surface area contributed by atoms with Gasteiger partial charge in [-0.05, 0) is 47.5 Å². The third kappa shape index (κ3) is 4.99. The van der Waals surface area contributed by atoms with Crippen LogP contribution in [-0.2, 0) is 16.6 Å². The quantitative estimate of drug-likeness (QED) is 0.268. The third-order valence-electron chi connectivity index (χ3n) is 6.40. The van der Waals surface area contributed by atoms with Gasteiger partial charge in [-0.1, -0.05) is 0 Å². The first-order chi connectivity index (χ1) is 19.1. The Kier molecular flexibility index (Phi) is 6.24. The van der Waals surface area contributed by atoms with Gasteiger partial charge in [0.1, 0.15) is 17.0 Å². The summed E-state index contributed by atoms with van der Waals surface area (Å²) in [6.45, 7) is -0.0355. The van der Waals surface area contributed by atoms with E-state index in [0.717, 1.165) is 34.1 Å². The smallest absolute Gasteiger partial charge is 0.209 e. The van der Waals surface area contributed by atoms with Crippen molar-refractivity contribution in [1.29, 1.82) is 0 Å². The van der Waals surface area contributed by atoms with Gasteiger partial charge in [0.15, 0.2) is 11.5 Å². The van der Waals surface area contributed by atoms with Gasteiger partial charge in [0.2, 0.25) is 10.0 Å². The molecular weight excluding hydrogens is 533 g/mol. The molecular formula is C27H24FN9O2S. The Morgan fingerprint density at radius 1 is 1.02 bits per heavy atom. The highest BCUT2D eigenvalue weighted by Crippen LogP contribution is 2.32. The molecule has 40 heavy (non-hydrogen) atoms. The van der Waals surface area contributed by atoms with Crippen LogP contribution in [0.1, 0.15) is 5.56 Å². The van der Waals surface area contributed by atoms with E-state index in [9.17, 15) is 12.8 Å². The predicted octanol–water partition coefficient (Wildman–Crippen LogP) is 3.88. The number of rotatable bonds is 7. The summed E-state index contributed by atoms with van der Waals surface area (Å²) in [6.07, 6.45) is 7.93.